The van der Waals surface area contributed by atoms with Gasteiger partial charge >= 0.3 is 5.97 Å². The first-order valence-electron chi connectivity index (χ1n) is 6.78. The minimum absolute atomic E-state index is 0.361. The number of hydrogen-bond donors (Lipinski definition) is 1. The second kappa shape index (κ2) is 6.57. The molecule has 0 spiro atoms. The minimum Gasteiger partial charge on any atom is -0.478 e. The number of carboxylic acids is 1. The van der Waals surface area contributed by atoms with Gasteiger partial charge in [0, 0.05) is 6.54 Å². The Morgan fingerprint density at radius 1 is 1.39 bits per heavy atom. The molecule has 0 radical (unpaired) electrons. The van der Waals surface area contributed by atoms with E-state index in [1.807, 2.05) is 11.6 Å². The zero-order chi connectivity index (χ0) is 13.7. The molecule has 4 heteroatoms. The fraction of sp³-hybridized carbons (Fsp3) is 0.714. The van der Waals surface area contributed by atoms with Gasteiger partial charge in [-0.05, 0) is 26.2 Å². The molecule has 1 heterocycles. The van der Waals surface area contributed by atoms with Crippen molar-refractivity contribution in [2.24, 2.45) is 5.92 Å². The third-order valence-electron chi connectivity index (χ3n) is 3.57. The molecule has 0 aliphatic rings. The molecule has 0 aromatic carbocycles. The molecule has 0 saturated heterocycles. The van der Waals surface area contributed by atoms with Gasteiger partial charge in [0.2, 0.25) is 0 Å². The van der Waals surface area contributed by atoms with Crippen LogP contribution in [0.15, 0.2) is 0 Å². The summed E-state index contributed by atoms with van der Waals surface area (Å²) in [6.45, 7) is 8.81. The quantitative estimate of drug-likeness (QED) is 0.809. The average Bonchev–Trinajstić information content (AvgIpc) is 2.59. The highest BCUT2D eigenvalue weighted by Crippen LogP contribution is 2.19. The monoisotopic (exact) mass is 252 g/mol. The number of aromatic nitrogens is 2. The molecular formula is C14H24N2O2. The van der Waals surface area contributed by atoms with E-state index >= 15 is 0 Å². The van der Waals surface area contributed by atoms with Crippen molar-refractivity contribution in [3.63, 3.8) is 0 Å². The Hall–Kier alpha value is -1.32. The third kappa shape index (κ3) is 3.34. The normalized spacial score (nSPS) is 12.7. The van der Waals surface area contributed by atoms with Gasteiger partial charge in [-0.2, -0.15) is 5.10 Å². The summed E-state index contributed by atoms with van der Waals surface area (Å²) in [5, 5.41) is 13.5. The Kier molecular flexibility index (Phi) is 5.38. The predicted octanol–water partition coefficient (Wildman–Crippen LogP) is 3.41. The van der Waals surface area contributed by atoms with Crippen molar-refractivity contribution < 1.29 is 9.90 Å². The van der Waals surface area contributed by atoms with E-state index in [0.29, 0.717) is 17.2 Å². The van der Waals surface area contributed by atoms with Crippen molar-refractivity contribution in [1.82, 2.24) is 9.78 Å². The van der Waals surface area contributed by atoms with Crippen LogP contribution in [-0.2, 0) is 6.54 Å². The van der Waals surface area contributed by atoms with Crippen molar-refractivity contribution >= 4 is 5.97 Å². The first kappa shape index (κ1) is 14.7. The number of aryl methyl sites for hydroxylation is 1. The highest BCUT2D eigenvalue weighted by Gasteiger charge is 2.19. The standard InChI is InChI=1S/C14H24N2O2/c1-5-7-8-12(6-2)9-16-11(4)13(14(17)18)10(3)15-16/h12H,5-9H2,1-4H3,(H,17,18). The number of unbranched alkanes of at least 4 members (excludes halogenated alkanes) is 1. The van der Waals surface area contributed by atoms with Crippen molar-refractivity contribution in [3.8, 4) is 0 Å². The van der Waals surface area contributed by atoms with Gasteiger partial charge in [-0.1, -0.05) is 33.1 Å². The number of nitrogens with zero attached hydrogens (tertiary/aromatic N) is 2. The van der Waals surface area contributed by atoms with Crippen LogP contribution in [0, 0.1) is 19.8 Å². The lowest BCUT2D eigenvalue weighted by atomic mass is 9.99. The number of aromatic carboxylic acids is 1. The molecule has 1 N–H and O–H groups in total. The summed E-state index contributed by atoms with van der Waals surface area (Å²) < 4.78 is 1.86. The molecule has 18 heavy (non-hydrogen) atoms. The Morgan fingerprint density at radius 2 is 2.06 bits per heavy atom. The summed E-state index contributed by atoms with van der Waals surface area (Å²) in [6.07, 6.45) is 4.73. The lowest BCUT2D eigenvalue weighted by Gasteiger charge is -2.15. The number of rotatable bonds is 7. The van der Waals surface area contributed by atoms with E-state index in [4.69, 9.17) is 5.11 Å². The molecule has 1 rings (SSSR count). The number of hydrogen-bond acceptors (Lipinski definition) is 2. The Bertz CT molecular complexity index is 410. The first-order valence-corrected chi connectivity index (χ1v) is 6.78. The topological polar surface area (TPSA) is 55.1 Å². The van der Waals surface area contributed by atoms with E-state index in [2.05, 4.69) is 18.9 Å². The molecule has 0 fully saturated rings. The van der Waals surface area contributed by atoms with Crippen molar-refractivity contribution in [2.75, 3.05) is 0 Å². The number of carboxylic acid groups (broad SMARTS) is 1. The highest BCUT2D eigenvalue weighted by molar-refractivity contribution is 5.90. The van der Waals surface area contributed by atoms with Gasteiger partial charge in [0.15, 0.2) is 0 Å². The summed E-state index contributed by atoms with van der Waals surface area (Å²) in [7, 11) is 0. The van der Waals surface area contributed by atoms with E-state index in [1.54, 1.807) is 6.92 Å². The Balaban J connectivity index is 2.84. The Morgan fingerprint density at radius 3 is 2.50 bits per heavy atom. The van der Waals surface area contributed by atoms with Gasteiger partial charge < -0.3 is 5.11 Å². The third-order valence-corrected chi connectivity index (χ3v) is 3.57. The van der Waals surface area contributed by atoms with Crippen molar-refractivity contribution in [2.45, 2.75) is 59.9 Å². The van der Waals surface area contributed by atoms with Crippen LogP contribution in [0.4, 0.5) is 0 Å². The molecular weight excluding hydrogens is 228 g/mol. The molecule has 1 aromatic rings. The maximum absolute atomic E-state index is 11.1. The van der Waals surface area contributed by atoms with Gasteiger partial charge in [0.05, 0.1) is 11.4 Å². The molecule has 1 unspecified atom stereocenters. The number of carbonyl (C=O) groups is 1. The summed E-state index contributed by atoms with van der Waals surface area (Å²) in [6, 6.07) is 0. The van der Waals surface area contributed by atoms with E-state index in [1.165, 1.54) is 19.3 Å². The largest absolute Gasteiger partial charge is 0.478 e. The fourth-order valence-electron chi connectivity index (χ4n) is 2.35. The van der Waals surface area contributed by atoms with Gasteiger partial charge in [-0.15, -0.1) is 0 Å². The molecule has 102 valence electrons. The fourth-order valence-corrected chi connectivity index (χ4v) is 2.35. The minimum atomic E-state index is -0.877. The SMILES string of the molecule is CCCCC(CC)Cn1nc(C)c(C(=O)O)c1C. The summed E-state index contributed by atoms with van der Waals surface area (Å²) >= 11 is 0. The zero-order valence-electron chi connectivity index (χ0n) is 11.9. The van der Waals surface area contributed by atoms with Gasteiger partial charge in [0.1, 0.15) is 5.56 Å². The summed E-state index contributed by atoms with van der Waals surface area (Å²) in [5.41, 5.74) is 1.75. The zero-order valence-corrected chi connectivity index (χ0v) is 11.9. The molecule has 0 aliphatic heterocycles. The molecule has 0 amide bonds. The van der Waals surface area contributed by atoms with Crippen LogP contribution in [0.25, 0.3) is 0 Å². The van der Waals surface area contributed by atoms with Crippen LogP contribution in [0.5, 0.6) is 0 Å². The van der Waals surface area contributed by atoms with Crippen LogP contribution in [0.2, 0.25) is 0 Å². The summed E-state index contributed by atoms with van der Waals surface area (Å²) in [5.74, 6) is -0.289. The Labute approximate surface area is 109 Å². The van der Waals surface area contributed by atoms with Crippen LogP contribution >= 0.6 is 0 Å². The van der Waals surface area contributed by atoms with E-state index in [-0.39, 0.29) is 0 Å². The van der Waals surface area contributed by atoms with Crippen LogP contribution in [0.1, 0.15) is 61.3 Å². The predicted molar refractivity (Wildman–Crippen MR) is 72.0 cm³/mol. The second-order valence-corrected chi connectivity index (χ2v) is 4.95. The van der Waals surface area contributed by atoms with E-state index in [9.17, 15) is 4.79 Å². The van der Waals surface area contributed by atoms with Crippen LogP contribution in [-0.4, -0.2) is 20.9 Å². The van der Waals surface area contributed by atoms with E-state index in [0.717, 1.165) is 18.7 Å². The van der Waals surface area contributed by atoms with Crippen molar-refractivity contribution in [1.29, 1.82) is 0 Å². The molecule has 1 atom stereocenters. The molecule has 0 aliphatic carbocycles. The molecule has 4 nitrogen and oxygen atoms in total. The molecule has 1 aromatic heterocycles. The van der Waals surface area contributed by atoms with Gasteiger partial charge in [-0.25, -0.2) is 4.79 Å². The van der Waals surface area contributed by atoms with E-state index < -0.39 is 5.97 Å². The first-order chi connectivity index (χ1) is 8.51. The maximum atomic E-state index is 11.1. The van der Waals surface area contributed by atoms with Crippen molar-refractivity contribution in [3.05, 3.63) is 17.0 Å². The lowest BCUT2D eigenvalue weighted by molar-refractivity contribution is 0.0695. The van der Waals surface area contributed by atoms with Gasteiger partial charge in [0.25, 0.3) is 0 Å². The lowest BCUT2D eigenvalue weighted by Crippen LogP contribution is -2.13. The average molecular weight is 252 g/mol. The van der Waals surface area contributed by atoms with Crippen LogP contribution < -0.4 is 0 Å². The van der Waals surface area contributed by atoms with Gasteiger partial charge in [-0.3, -0.25) is 4.68 Å². The summed E-state index contributed by atoms with van der Waals surface area (Å²) in [4.78, 5) is 11.1. The maximum Gasteiger partial charge on any atom is 0.339 e. The molecule has 0 bridgehead atoms. The second-order valence-electron chi connectivity index (χ2n) is 4.95. The molecule has 0 saturated carbocycles. The highest BCUT2D eigenvalue weighted by atomic mass is 16.4. The van der Waals surface area contributed by atoms with Crippen LogP contribution in [0.3, 0.4) is 0 Å². The smallest absolute Gasteiger partial charge is 0.339 e.